The zero-order valence-electron chi connectivity index (χ0n) is 11.6. The molecule has 0 fully saturated rings. The number of para-hydroxylation sites is 2. The Morgan fingerprint density at radius 1 is 0.667 bits per heavy atom. The maximum absolute atomic E-state index is 6.00. The molecule has 2 aromatic heterocycles. The first-order valence-electron chi connectivity index (χ1n) is 7.11. The topological polar surface area (TPSA) is 18.1 Å². The van der Waals surface area contributed by atoms with E-state index in [1.165, 1.54) is 32.6 Å². The van der Waals surface area contributed by atoms with Crippen LogP contribution in [-0.2, 0) is 7.05 Å². The van der Waals surface area contributed by atoms with Gasteiger partial charge >= 0.3 is 0 Å². The van der Waals surface area contributed by atoms with Crippen molar-refractivity contribution in [3.05, 3.63) is 60.7 Å². The molecule has 0 aliphatic heterocycles. The minimum atomic E-state index is 0.951. The maximum Gasteiger partial charge on any atom is 0.137 e. The Balaban J connectivity index is 2.08. The van der Waals surface area contributed by atoms with Gasteiger partial charge in [0.15, 0.2) is 0 Å². The summed E-state index contributed by atoms with van der Waals surface area (Å²) in [5, 5.41) is 4.95. The molecule has 0 radical (unpaired) electrons. The van der Waals surface area contributed by atoms with E-state index in [2.05, 4.69) is 60.1 Å². The molecule has 2 nitrogen and oxygen atoms in total. The number of benzene rings is 3. The van der Waals surface area contributed by atoms with E-state index in [1.807, 2.05) is 12.1 Å². The van der Waals surface area contributed by atoms with E-state index >= 15 is 0 Å². The predicted octanol–water partition coefficient (Wildman–Crippen LogP) is 5.23. The summed E-state index contributed by atoms with van der Waals surface area (Å²) < 4.78 is 8.23. The fourth-order valence-corrected chi connectivity index (χ4v) is 3.38. The lowest BCUT2D eigenvalue weighted by atomic mass is 10.1. The van der Waals surface area contributed by atoms with Crippen LogP contribution in [0.2, 0.25) is 0 Å². The minimum Gasteiger partial charge on any atom is -0.456 e. The van der Waals surface area contributed by atoms with Crippen molar-refractivity contribution >= 4 is 43.7 Å². The molecule has 2 heterocycles. The molecule has 5 rings (SSSR count). The van der Waals surface area contributed by atoms with Crippen LogP contribution in [0.25, 0.3) is 43.7 Å². The highest BCUT2D eigenvalue weighted by Crippen LogP contribution is 2.35. The van der Waals surface area contributed by atoms with E-state index in [9.17, 15) is 0 Å². The Morgan fingerprint density at radius 2 is 1.43 bits per heavy atom. The quantitative estimate of drug-likeness (QED) is 0.377. The molecular formula is C19H13NO. The molecule has 0 aliphatic rings. The number of rotatable bonds is 0. The normalized spacial score (nSPS) is 12.0. The molecule has 0 unspecified atom stereocenters. The highest BCUT2D eigenvalue weighted by molar-refractivity contribution is 6.16. The van der Waals surface area contributed by atoms with Crippen LogP contribution in [0.15, 0.2) is 65.1 Å². The molecule has 0 atom stereocenters. The van der Waals surface area contributed by atoms with E-state index in [0.717, 1.165) is 11.2 Å². The maximum atomic E-state index is 6.00. The summed E-state index contributed by atoms with van der Waals surface area (Å²) in [5.74, 6) is 0. The first-order valence-corrected chi connectivity index (χ1v) is 7.11. The summed E-state index contributed by atoms with van der Waals surface area (Å²) in [7, 11) is 2.11. The van der Waals surface area contributed by atoms with Crippen molar-refractivity contribution in [1.29, 1.82) is 0 Å². The van der Waals surface area contributed by atoms with Gasteiger partial charge in [0.2, 0.25) is 0 Å². The number of hydrogen-bond acceptors (Lipinski definition) is 1. The van der Waals surface area contributed by atoms with Crippen LogP contribution in [0.1, 0.15) is 0 Å². The van der Waals surface area contributed by atoms with Crippen LogP contribution in [0.3, 0.4) is 0 Å². The first kappa shape index (κ1) is 11.0. The Labute approximate surface area is 121 Å². The van der Waals surface area contributed by atoms with E-state index in [-0.39, 0.29) is 0 Å². The Bertz CT molecular complexity index is 1140. The van der Waals surface area contributed by atoms with E-state index in [1.54, 1.807) is 0 Å². The van der Waals surface area contributed by atoms with Gasteiger partial charge in [0, 0.05) is 40.2 Å². The lowest BCUT2D eigenvalue weighted by molar-refractivity contribution is 0.669. The fraction of sp³-hybridized carbons (Fsp3) is 0.0526. The molecule has 100 valence electrons. The van der Waals surface area contributed by atoms with Gasteiger partial charge in [0.05, 0.1) is 5.52 Å². The second-order valence-corrected chi connectivity index (χ2v) is 5.54. The first-order chi connectivity index (χ1) is 10.3. The summed E-state index contributed by atoms with van der Waals surface area (Å²) in [6, 6.07) is 21.2. The van der Waals surface area contributed by atoms with Crippen molar-refractivity contribution in [3.63, 3.8) is 0 Å². The summed E-state index contributed by atoms with van der Waals surface area (Å²) >= 11 is 0. The van der Waals surface area contributed by atoms with Crippen molar-refractivity contribution in [2.75, 3.05) is 0 Å². The van der Waals surface area contributed by atoms with Crippen molar-refractivity contribution in [2.24, 2.45) is 7.05 Å². The summed E-state index contributed by atoms with van der Waals surface area (Å²) in [6.07, 6.45) is 0. The van der Waals surface area contributed by atoms with Crippen molar-refractivity contribution in [2.45, 2.75) is 0 Å². The van der Waals surface area contributed by atoms with E-state index in [4.69, 9.17) is 4.42 Å². The van der Waals surface area contributed by atoms with E-state index in [0.29, 0.717) is 0 Å². The number of hydrogen-bond donors (Lipinski definition) is 0. The standard InChI is InChI=1S/C19H13NO/c1-20-16-8-4-2-6-12(16)14-10-15-13-7-3-5-9-18(13)21-19(15)11-17(14)20/h2-11H,1H3. The van der Waals surface area contributed by atoms with Crippen LogP contribution < -0.4 is 0 Å². The highest BCUT2D eigenvalue weighted by atomic mass is 16.3. The largest absolute Gasteiger partial charge is 0.456 e. The molecule has 0 saturated heterocycles. The number of nitrogens with zero attached hydrogens (tertiary/aromatic N) is 1. The second-order valence-electron chi connectivity index (χ2n) is 5.54. The summed E-state index contributed by atoms with van der Waals surface area (Å²) in [6.45, 7) is 0. The van der Waals surface area contributed by atoms with E-state index < -0.39 is 0 Å². The average Bonchev–Trinajstić information content (AvgIpc) is 3.02. The second kappa shape index (κ2) is 3.67. The molecule has 3 aromatic carbocycles. The van der Waals surface area contributed by atoms with Gasteiger partial charge in [0.1, 0.15) is 11.2 Å². The van der Waals surface area contributed by atoms with Gasteiger partial charge in [-0.1, -0.05) is 36.4 Å². The molecule has 0 aliphatic carbocycles. The van der Waals surface area contributed by atoms with Gasteiger partial charge in [-0.25, -0.2) is 0 Å². The third-order valence-electron chi connectivity index (χ3n) is 4.41. The molecule has 0 saturated carbocycles. The van der Waals surface area contributed by atoms with Gasteiger partial charge in [-0.05, 0) is 18.2 Å². The van der Waals surface area contributed by atoms with Crippen LogP contribution >= 0.6 is 0 Å². The smallest absolute Gasteiger partial charge is 0.137 e. The van der Waals surface area contributed by atoms with Gasteiger partial charge in [0.25, 0.3) is 0 Å². The van der Waals surface area contributed by atoms with Crippen molar-refractivity contribution in [1.82, 2.24) is 4.57 Å². The Morgan fingerprint density at radius 3 is 2.33 bits per heavy atom. The molecule has 2 heteroatoms. The zero-order valence-corrected chi connectivity index (χ0v) is 11.6. The van der Waals surface area contributed by atoms with Crippen LogP contribution in [0, 0.1) is 0 Å². The summed E-state index contributed by atoms with van der Waals surface area (Å²) in [5.41, 5.74) is 4.37. The number of aromatic nitrogens is 1. The third kappa shape index (κ3) is 1.32. The van der Waals surface area contributed by atoms with Gasteiger partial charge in [-0.15, -0.1) is 0 Å². The van der Waals surface area contributed by atoms with Gasteiger partial charge < -0.3 is 8.98 Å². The molecule has 21 heavy (non-hydrogen) atoms. The fourth-order valence-electron chi connectivity index (χ4n) is 3.38. The lowest BCUT2D eigenvalue weighted by Crippen LogP contribution is -1.85. The highest BCUT2D eigenvalue weighted by Gasteiger charge is 2.12. The number of furan rings is 1. The molecule has 0 amide bonds. The molecule has 0 bridgehead atoms. The number of fused-ring (bicyclic) bond motifs is 6. The van der Waals surface area contributed by atoms with Crippen LogP contribution in [0.5, 0.6) is 0 Å². The SMILES string of the molecule is Cn1c2ccccc2c2cc3c(cc21)oc1ccccc13. The monoisotopic (exact) mass is 271 g/mol. The van der Waals surface area contributed by atoms with Gasteiger partial charge in [-0.3, -0.25) is 0 Å². The third-order valence-corrected chi connectivity index (χ3v) is 4.41. The Kier molecular flexibility index (Phi) is 1.92. The zero-order chi connectivity index (χ0) is 14.0. The number of aryl methyl sites for hydroxylation is 1. The molecular weight excluding hydrogens is 258 g/mol. The molecule has 0 spiro atoms. The average molecular weight is 271 g/mol. The summed E-state index contributed by atoms with van der Waals surface area (Å²) in [4.78, 5) is 0. The van der Waals surface area contributed by atoms with Crippen LogP contribution in [0.4, 0.5) is 0 Å². The predicted molar refractivity (Wildman–Crippen MR) is 87.7 cm³/mol. The molecule has 5 aromatic rings. The minimum absolute atomic E-state index is 0.951. The van der Waals surface area contributed by atoms with Crippen molar-refractivity contribution in [3.8, 4) is 0 Å². The lowest BCUT2D eigenvalue weighted by Gasteiger charge is -1.97. The van der Waals surface area contributed by atoms with Crippen LogP contribution in [-0.4, -0.2) is 4.57 Å². The van der Waals surface area contributed by atoms with Crippen molar-refractivity contribution < 1.29 is 4.42 Å². The molecule has 0 N–H and O–H groups in total. The van der Waals surface area contributed by atoms with Gasteiger partial charge in [-0.2, -0.15) is 0 Å². The Hall–Kier alpha value is -2.74.